The number of amides is 1. The molecule has 0 aromatic carbocycles. The number of aromatic nitrogens is 3. The van der Waals surface area contributed by atoms with Crippen molar-refractivity contribution in [1.29, 1.82) is 0 Å². The van der Waals surface area contributed by atoms with Crippen LogP contribution in [0.3, 0.4) is 0 Å². The molecule has 3 heterocycles. The molecule has 2 aromatic rings. The number of rotatable bonds is 5. The minimum Gasteiger partial charge on any atom is -0.376 e. The first kappa shape index (κ1) is 13.0. The van der Waals surface area contributed by atoms with Gasteiger partial charge in [0.15, 0.2) is 5.65 Å². The van der Waals surface area contributed by atoms with Crippen molar-refractivity contribution in [1.82, 2.24) is 14.6 Å². The Labute approximate surface area is 115 Å². The lowest BCUT2D eigenvalue weighted by molar-refractivity contribution is -0.121. The Balaban J connectivity index is 1.47. The third-order valence-electron chi connectivity index (χ3n) is 3.09. The number of ether oxygens (including phenoxy) is 2. The maximum atomic E-state index is 11.7. The van der Waals surface area contributed by atoms with Crippen molar-refractivity contribution in [2.75, 3.05) is 25.1 Å². The Hall–Kier alpha value is -1.99. The summed E-state index contributed by atoms with van der Waals surface area (Å²) in [5.41, 5.74) is 0.683. The Morgan fingerprint density at radius 1 is 1.55 bits per heavy atom. The largest absolute Gasteiger partial charge is 0.376 e. The molecule has 0 spiro atoms. The van der Waals surface area contributed by atoms with Gasteiger partial charge in [-0.1, -0.05) is 0 Å². The van der Waals surface area contributed by atoms with E-state index in [2.05, 4.69) is 15.4 Å². The lowest BCUT2D eigenvalue weighted by Gasteiger charge is -2.10. The Bertz CT molecular complexity index is 592. The van der Waals surface area contributed by atoms with Gasteiger partial charge in [-0.2, -0.15) is 5.10 Å². The highest BCUT2D eigenvalue weighted by Gasteiger charge is 2.16. The first-order valence-electron chi connectivity index (χ1n) is 6.61. The second-order valence-corrected chi connectivity index (χ2v) is 4.65. The lowest BCUT2D eigenvalue weighted by Crippen LogP contribution is -2.23. The molecule has 2 aromatic heterocycles. The van der Waals surface area contributed by atoms with Crippen LogP contribution in [0.25, 0.3) is 5.65 Å². The van der Waals surface area contributed by atoms with E-state index < -0.39 is 0 Å². The summed E-state index contributed by atoms with van der Waals surface area (Å²) in [4.78, 5) is 16.0. The molecule has 1 N–H and O–H groups in total. The molecule has 0 saturated carbocycles. The van der Waals surface area contributed by atoms with Gasteiger partial charge in [-0.05, 0) is 18.9 Å². The molecule has 7 heteroatoms. The first-order chi connectivity index (χ1) is 9.81. The molecule has 3 rings (SSSR count). The van der Waals surface area contributed by atoms with E-state index in [-0.39, 0.29) is 18.6 Å². The fourth-order valence-corrected chi connectivity index (χ4v) is 2.12. The highest BCUT2D eigenvalue weighted by molar-refractivity contribution is 5.90. The average molecular weight is 276 g/mol. The summed E-state index contributed by atoms with van der Waals surface area (Å²) in [7, 11) is 0. The molecule has 1 aliphatic heterocycles. The van der Waals surface area contributed by atoms with Gasteiger partial charge < -0.3 is 14.8 Å². The molecular formula is C13H16N4O3. The summed E-state index contributed by atoms with van der Waals surface area (Å²) in [6, 6.07) is 3.46. The fourth-order valence-electron chi connectivity index (χ4n) is 2.12. The maximum Gasteiger partial charge on any atom is 0.251 e. The molecule has 1 aliphatic rings. The fraction of sp³-hybridized carbons (Fsp3) is 0.462. The molecule has 1 atom stereocenters. The van der Waals surface area contributed by atoms with Crippen molar-refractivity contribution >= 4 is 17.4 Å². The van der Waals surface area contributed by atoms with Crippen LogP contribution >= 0.6 is 0 Å². The van der Waals surface area contributed by atoms with E-state index in [1.165, 1.54) is 0 Å². The van der Waals surface area contributed by atoms with E-state index in [9.17, 15) is 4.79 Å². The molecule has 1 unspecified atom stereocenters. The molecule has 1 fully saturated rings. The van der Waals surface area contributed by atoms with Gasteiger partial charge in [0.1, 0.15) is 12.4 Å². The molecule has 7 nitrogen and oxygen atoms in total. The van der Waals surface area contributed by atoms with Crippen molar-refractivity contribution in [2.24, 2.45) is 0 Å². The van der Waals surface area contributed by atoms with Crippen molar-refractivity contribution in [2.45, 2.75) is 18.9 Å². The van der Waals surface area contributed by atoms with Gasteiger partial charge in [-0.25, -0.2) is 9.50 Å². The van der Waals surface area contributed by atoms with E-state index in [4.69, 9.17) is 9.47 Å². The molecule has 106 valence electrons. The molecule has 20 heavy (non-hydrogen) atoms. The van der Waals surface area contributed by atoms with E-state index in [0.717, 1.165) is 19.4 Å². The van der Waals surface area contributed by atoms with Crippen LogP contribution in [0.1, 0.15) is 12.8 Å². The topological polar surface area (TPSA) is 77.8 Å². The minimum atomic E-state index is -0.223. The van der Waals surface area contributed by atoms with Crippen LogP contribution in [0.15, 0.2) is 24.5 Å². The Morgan fingerprint density at radius 3 is 3.35 bits per heavy atom. The smallest absolute Gasteiger partial charge is 0.251 e. The van der Waals surface area contributed by atoms with Gasteiger partial charge in [0.05, 0.1) is 18.9 Å². The summed E-state index contributed by atoms with van der Waals surface area (Å²) in [6.07, 6.45) is 5.59. The SMILES string of the molecule is O=C(COCC1CCCO1)Nc1ccn2nccc2n1. The molecule has 1 saturated heterocycles. The number of nitrogens with one attached hydrogen (secondary N) is 1. The number of fused-ring (bicyclic) bond motifs is 1. The van der Waals surface area contributed by atoms with E-state index in [1.54, 1.807) is 29.0 Å². The van der Waals surface area contributed by atoms with Gasteiger partial charge in [-0.15, -0.1) is 0 Å². The second-order valence-electron chi connectivity index (χ2n) is 4.65. The standard InChI is InChI=1S/C13H16N4O3/c18-13(9-19-8-10-2-1-7-20-10)16-11-4-6-17-12(15-11)3-5-14-17/h3-6,10H,1-2,7-9H2,(H,15,16,18). The third kappa shape index (κ3) is 3.12. The van der Waals surface area contributed by atoms with Crippen LogP contribution in [0.4, 0.5) is 5.82 Å². The Kier molecular flexibility index (Phi) is 3.89. The molecule has 0 bridgehead atoms. The predicted octanol–water partition coefficient (Wildman–Crippen LogP) is 0.863. The molecule has 1 amide bonds. The number of hydrogen-bond acceptors (Lipinski definition) is 5. The van der Waals surface area contributed by atoms with Crippen molar-refractivity contribution in [3.8, 4) is 0 Å². The second kappa shape index (κ2) is 5.98. The van der Waals surface area contributed by atoms with Crippen LogP contribution in [-0.2, 0) is 14.3 Å². The monoisotopic (exact) mass is 276 g/mol. The average Bonchev–Trinajstić information content (AvgIpc) is 3.08. The first-order valence-corrected chi connectivity index (χ1v) is 6.61. The van der Waals surface area contributed by atoms with Gasteiger partial charge in [0, 0.05) is 18.9 Å². The molecular weight excluding hydrogens is 260 g/mol. The van der Waals surface area contributed by atoms with Crippen molar-refractivity contribution in [3.05, 3.63) is 24.5 Å². The highest BCUT2D eigenvalue weighted by atomic mass is 16.5. The van der Waals surface area contributed by atoms with Crippen LogP contribution in [0, 0.1) is 0 Å². The van der Waals surface area contributed by atoms with E-state index >= 15 is 0 Å². The van der Waals surface area contributed by atoms with Gasteiger partial charge >= 0.3 is 0 Å². The quantitative estimate of drug-likeness (QED) is 0.876. The maximum absolute atomic E-state index is 11.7. The number of hydrogen-bond donors (Lipinski definition) is 1. The van der Waals surface area contributed by atoms with E-state index in [1.807, 2.05) is 0 Å². The number of carbonyl (C=O) groups is 1. The molecule has 0 aliphatic carbocycles. The summed E-state index contributed by atoms with van der Waals surface area (Å²) in [6.45, 7) is 1.25. The minimum absolute atomic E-state index is 0.00593. The van der Waals surface area contributed by atoms with Crippen LogP contribution in [0.2, 0.25) is 0 Å². The highest BCUT2D eigenvalue weighted by Crippen LogP contribution is 2.12. The van der Waals surface area contributed by atoms with Crippen LogP contribution < -0.4 is 5.32 Å². The summed E-state index contributed by atoms with van der Waals surface area (Å²) >= 11 is 0. The lowest BCUT2D eigenvalue weighted by atomic mass is 10.2. The zero-order valence-electron chi connectivity index (χ0n) is 11.0. The summed E-state index contributed by atoms with van der Waals surface area (Å²) < 4.78 is 12.4. The third-order valence-corrected chi connectivity index (χ3v) is 3.09. The van der Waals surface area contributed by atoms with Crippen LogP contribution in [-0.4, -0.2) is 46.4 Å². The number of carbonyl (C=O) groups excluding carboxylic acids is 1. The molecule has 0 radical (unpaired) electrons. The normalized spacial score (nSPS) is 18.5. The summed E-state index contributed by atoms with van der Waals surface area (Å²) in [5, 5.41) is 6.73. The zero-order chi connectivity index (χ0) is 13.8. The predicted molar refractivity (Wildman–Crippen MR) is 71.4 cm³/mol. The number of anilines is 1. The van der Waals surface area contributed by atoms with E-state index in [0.29, 0.717) is 18.1 Å². The van der Waals surface area contributed by atoms with Gasteiger partial charge in [0.2, 0.25) is 0 Å². The summed E-state index contributed by atoms with van der Waals surface area (Å²) in [5.74, 6) is 0.267. The van der Waals surface area contributed by atoms with Crippen molar-refractivity contribution < 1.29 is 14.3 Å². The van der Waals surface area contributed by atoms with Crippen LogP contribution in [0.5, 0.6) is 0 Å². The van der Waals surface area contributed by atoms with Gasteiger partial charge in [0.25, 0.3) is 5.91 Å². The zero-order valence-corrected chi connectivity index (χ0v) is 11.0. The Morgan fingerprint density at radius 2 is 2.50 bits per heavy atom. The van der Waals surface area contributed by atoms with Gasteiger partial charge in [-0.3, -0.25) is 4.79 Å². The number of nitrogens with zero attached hydrogens (tertiary/aromatic N) is 3. The van der Waals surface area contributed by atoms with Crippen molar-refractivity contribution in [3.63, 3.8) is 0 Å².